The highest BCUT2D eigenvalue weighted by Crippen LogP contribution is 2.30. The molecular weight excluding hydrogens is 261 g/mol. The minimum absolute atomic E-state index is 0.0545. The van der Waals surface area contributed by atoms with E-state index in [9.17, 15) is 13.2 Å². The summed E-state index contributed by atoms with van der Waals surface area (Å²) in [5.41, 5.74) is 4.94. The quantitative estimate of drug-likeness (QED) is 0.837. The molecule has 0 unspecified atom stereocenters. The first-order valence-corrected chi connectivity index (χ1v) is 6.59. The molecule has 0 spiro atoms. The first kappa shape index (κ1) is 15.3. The van der Waals surface area contributed by atoms with Crippen LogP contribution in [0, 0.1) is 5.41 Å². The lowest BCUT2D eigenvalue weighted by Gasteiger charge is -2.21. The third kappa shape index (κ3) is 4.86. The highest BCUT2D eigenvalue weighted by atomic mass is 32.2. The minimum atomic E-state index is -4.32. The molecule has 6 heteroatoms. The van der Waals surface area contributed by atoms with Gasteiger partial charge in [0.15, 0.2) is 0 Å². The Labute approximate surface area is 109 Å². The Kier molecular flexibility index (Phi) is 5.04. The SMILES string of the molecule is CC(C)(CN)CCSc1ccc(C(F)(F)F)cn1. The lowest BCUT2D eigenvalue weighted by Crippen LogP contribution is -2.24. The lowest BCUT2D eigenvalue weighted by atomic mass is 9.91. The lowest BCUT2D eigenvalue weighted by molar-refractivity contribution is -0.137. The third-order valence-corrected chi connectivity index (χ3v) is 3.59. The number of nitrogens with zero attached hydrogens (tertiary/aromatic N) is 1. The highest BCUT2D eigenvalue weighted by Gasteiger charge is 2.30. The maximum Gasteiger partial charge on any atom is 0.417 e. The monoisotopic (exact) mass is 278 g/mol. The van der Waals surface area contributed by atoms with Crippen LogP contribution >= 0.6 is 11.8 Å². The second-order valence-electron chi connectivity index (χ2n) is 4.85. The van der Waals surface area contributed by atoms with Crippen molar-refractivity contribution in [1.82, 2.24) is 4.98 Å². The van der Waals surface area contributed by atoms with Crippen LogP contribution in [0.25, 0.3) is 0 Å². The van der Waals surface area contributed by atoms with E-state index in [1.807, 2.05) is 0 Å². The number of pyridine rings is 1. The van der Waals surface area contributed by atoms with Crippen LogP contribution in [-0.4, -0.2) is 17.3 Å². The van der Waals surface area contributed by atoms with E-state index in [1.165, 1.54) is 17.8 Å². The van der Waals surface area contributed by atoms with Gasteiger partial charge in [-0.25, -0.2) is 4.98 Å². The van der Waals surface area contributed by atoms with Crippen LogP contribution < -0.4 is 5.73 Å². The van der Waals surface area contributed by atoms with Crippen molar-refractivity contribution in [1.29, 1.82) is 0 Å². The molecule has 0 aromatic carbocycles. The van der Waals surface area contributed by atoms with Gasteiger partial charge in [-0.1, -0.05) is 13.8 Å². The van der Waals surface area contributed by atoms with Gasteiger partial charge in [0.1, 0.15) is 0 Å². The summed E-state index contributed by atoms with van der Waals surface area (Å²) >= 11 is 1.45. The number of thioether (sulfide) groups is 1. The van der Waals surface area contributed by atoms with Gasteiger partial charge in [0.2, 0.25) is 0 Å². The van der Waals surface area contributed by atoms with Gasteiger partial charge in [-0.15, -0.1) is 11.8 Å². The number of aromatic nitrogens is 1. The normalized spacial score (nSPS) is 12.8. The van der Waals surface area contributed by atoms with Crippen LogP contribution in [-0.2, 0) is 6.18 Å². The first-order valence-electron chi connectivity index (χ1n) is 5.61. The Morgan fingerprint density at radius 3 is 2.39 bits per heavy atom. The molecule has 1 aromatic rings. The van der Waals surface area contributed by atoms with E-state index in [-0.39, 0.29) is 5.41 Å². The standard InChI is InChI=1S/C12H17F3N2S/c1-11(2,8-16)5-6-18-10-4-3-9(7-17-10)12(13,14)15/h3-4,7H,5-6,8,16H2,1-2H3. The van der Waals surface area contributed by atoms with Crippen molar-refractivity contribution in [2.24, 2.45) is 11.1 Å². The van der Waals surface area contributed by atoms with Gasteiger partial charge < -0.3 is 5.73 Å². The average molecular weight is 278 g/mol. The number of alkyl halides is 3. The van der Waals surface area contributed by atoms with Crippen molar-refractivity contribution in [3.8, 4) is 0 Å². The summed E-state index contributed by atoms with van der Waals surface area (Å²) in [5.74, 6) is 0.794. The van der Waals surface area contributed by atoms with Crippen LogP contribution in [0.3, 0.4) is 0 Å². The van der Waals surface area contributed by atoms with Crippen LogP contribution in [0.2, 0.25) is 0 Å². The van der Waals surface area contributed by atoms with E-state index in [1.54, 1.807) is 0 Å². The molecule has 1 aromatic heterocycles. The highest BCUT2D eigenvalue weighted by molar-refractivity contribution is 7.99. The largest absolute Gasteiger partial charge is 0.417 e. The fraction of sp³-hybridized carbons (Fsp3) is 0.583. The smallest absolute Gasteiger partial charge is 0.330 e. The fourth-order valence-corrected chi connectivity index (χ4v) is 2.32. The first-order chi connectivity index (χ1) is 8.24. The predicted octanol–water partition coefficient (Wildman–Crippen LogP) is 3.57. The molecule has 102 valence electrons. The summed E-state index contributed by atoms with van der Waals surface area (Å²) in [6, 6.07) is 2.46. The maximum absolute atomic E-state index is 12.3. The molecule has 2 nitrogen and oxygen atoms in total. The molecule has 1 rings (SSSR count). The van der Waals surface area contributed by atoms with E-state index >= 15 is 0 Å². The molecule has 0 atom stereocenters. The van der Waals surface area contributed by atoms with Crippen molar-refractivity contribution in [3.05, 3.63) is 23.9 Å². The Hall–Kier alpha value is -0.750. The van der Waals surface area contributed by atoms with Gasteiger partial charge in [-0.3, -0.25) is 0 Å². The number of halogens is 3. The molecule has 0 saturated carbocycles. The fourth-order valence-electron chi connectivity index (χ4n) is 1.17. The minimum Gasteiger partial charge on any atom is -0.330 e. The summed E-state index contributed by atoms with van der Waals surface area (Å²) in [4.78, 5) is 3.80. The number of hydrogen-bond donors (Lipinski definition) is 1. The van der Waals surface area contributed by atoms with Crippen molar-refractivity contribution < 1.29 is 13.2 Å². The molecule has 0 bridgehead atoms. The van der Waals surface area contributed by atoms with E-state index in [0.29, 0.717) is 11.6 Å². The van der Waals surface area contributed by atoms with E-state index in [4.69, 9.17) is 5.73 Å². The van der Waals surface area contributed by atoms with Crippen molar-refractivity contribution >= 4 is 11.8 Å². The van der Waals surface area contributed by atoms with Crippen molar-refractivity contribution in [2.75, 3.05) is 12.3 Å². The molecule has 0 aliphatic carbocycles. The summed E-state index contributed by atoms with van der Waals surface area (Å²) in [5, 5.41) is 0.607. The van der Waals surface area contributed by atoms with E-state index < -0.39 is 11.7 Å². The number of hydrogen-bond acceptors (Lipinski definition) is 3. The Bertz CT molecular complexity index is 374. The van der Waals surface area contributed by atoms with Crippen LogP contribution in [0.5, 0.6) is 0 Å². The molecule has 0 aliphatic rings. The summed E-state index contributed by atoms with van der Waals surface area (Å²) in [6.07, 6.45) is -2.55. The summed E-state index contributed by atoms with van der Waals surface area (Å²) in [7, 11) is 0. The summed E-state index contributed by atoms with van der Waals surface area (Å²) in [6.45, 7) is 4.72. The zero-order valence-corrected chi connectivity index (χ0v) is 11.2. The van der Waals surface area contributed by atoms with E-state index in [2.05, 4.69) is 18.8 Å². The van der Waals surface area contributed by atoms with Crippen molar-refractivity contribution in [3.63, 3.8) is 0 Å². The topological polar surface area (TPSA) is 38.9 Å². The van der Waals surface area contributed by atoms with E-state index in [0.717, 1.165) is 24.4 Å². The maximum atomic E-state index is 12.3. The molecule has 0 radical (unpaired) electrons. The molecule has 0 fully saturated rings. The predicted molar refractivity (Wildman–Crippen MR) is 67.4 cm³/mol. The third-order valence-electron chi connectivity index (χ3n) is 2.65. The van der Waals surface area contributed by atoms with Gasteiger partial charge in [0.25, 0.3) is 0 Å². The molecule has 0 aliphatic heterocycles. The van der Waals surface area contributed by atoms with Crippen LogP contribution in [0.15, 0.2) is 23.4 Å². The number of rotatable bonds is 5. The van der Waals surface area contributed by atoms with Gasteiger partial charge in [0.05, 0.1) is 10.6 Å². The second kappa shape index (κ2) is 5.93. The molecule has 18 heavy (non-hydrogen) atoms. The molecule has 0 saturated heterocycles. The second-order valence-corrected chi connectivity index (χ2v) is 5.96. The molecule has 1 heterocycles. The zero-order chi connectivity index (χ0) is 13.8. The average Bonchev–Trinajstić information content (AvgIpc) is 2.28. The van der Waals surface area contributed by atoms with Crippen LogP contribution in [0.4, 0.5) is 13.2 Å². The van der Waals surface area contributed by atoms with Gasteiger partial charge in [0, 0.05) is 11.9 Å². The van der Waals surface area contributed by atoms with Gasteiger partial charge >= 0.3 is 6.18 Å². The molecule has 2 N–H and O–H groups in total. The van der Waals surface area contributed by atoms with Crippen molar-refractivity contribution in [2.45, 2.75) is 31.5 Å². The molecule has 0 amide bonds. The Morgan fingerprint density at radius 1 is 1.28 bits per heavy atom. The number of nitrogens with two attached hydrogens (primary N) is 1. The molecular formula is C12H17F3N2S. The van der Waals surface area contributed by atoms with Gasteiger partial charge in [-0.05, 0) is 30.5 Å². The Morgan fingerprint density at radius 2 is 1.94 bits per heavy atom. The zero-order valence-electron chi connectivity index (χ0n) is 10.4. The summed E-state index contributed by atoms with van der Waals surface area (Å²) < 4.78 is 36.9. The van der Waals surface area contributed by atoms with Crippen LogP contribution in [0.1, 0.15) is 25.8 Å². The Balaban J connectivity index is 2.50. The van der Waals surface area contributed by atoms with Gasteiger partial charge in [-0.2, -0.15) is 13.2 Å².